The first-order valence-electron chi connectivity index (χ1n) is 11.9. The molecule has 0 spiro atoms. The van der Waals surface area contributed by atoms with Gasteiger partial charge in [0, 0.05) is 27.6 Å². The third kappa shape index (κ3) is 2.42. The molecule has 0 radical (unpaired) electrons. The number of carbonyl (C=O) groups is 1. The highest BCUT2D eigenvalue weighted by Gasteiger charge is 2.28. The molecule has 5 aromatic carbocycles. The Hall–Kier alpha value is -4.96. The molecule has 36 heavy (non-hydrogen) atoms. The zero-order valence-electron chi connectivity index (χ0n) is 19.0. The van der Waals surface area contributed by atoms with E-state index in [9.17, 15) is 9.59 Å². The fraction of sp³-hybridized carbons (Fsp3) is 0. The molecule has 0 amide bonds. The third-order valence-electron chi connectivity index (χ3n) is 7.34. The molecule has 8 rings (SSSR count). The van der Waals surface area contributed by atoms with Crippen LogP contribution < -0.4 is 5.43 Å². The second-order valence-corrected chi connectivity index (χ2v) is 9.25. The minimum absolute atomic E-state index is 0.0546. The summed E-state index contributed by atoms with van der Waals surface area (Å²) in [5.41, 5.74) is 6.80. The topological polar surface area (TPSA) is 52.2 Å². The van der Waals surface area contributed by atoms with Gasteiger partial charge in [-0.2, -0.15) is 0 Å². The van der Waals surface area contributed by atoms with E-state index < -0.39 is 0 Å². The minimum atomic E-state index is -0.138. The van der Waals surface area contributed by atoms with E-state index in [1.165, 1.54) is 0 Å². The summed E-state index contributed by atoms with van der Waals surface area (Å²) in [7, 11) is 0. The van der Waals surface area contributed by atoms with Gasteiger partial charge in [-0.1, -0.05) is 60.7 Å². The van der Waals surface area contributed by atoms with Crippen molar-refractivity contribution in [2.75, 3.05) is 0 Å². The number of rotatable bonds is 1. The van der Waals surface area contributed by atoms with Crippen molar-refractivity contribution in [3.05, 3.63) is 124 Å². The maximum Gasteiger partial charge on any atom is 0.200 e. The number of para-hydroxylation sites is 2. The van der Waals surface area contributed by atoms with Gasteiger partial charge < -0.3 is 8.98 Å². The number of aromatic nitrogens is 1. The molecule has 0 bridgehead atoms. The Morgan fingerprint density at radius 3 is 1.89 bits per heavy atom. The van der Waals surface area contributed by atoms with Crippen LogP contribution in [0.2, 0.25) is 0 Å². The second kappa shape index (κ2) is 6.80. The zero-order valence-corrected chi connectivity index (χ0v) is 19.0. The normalized spacial score (nSPS) is 12.6. The molecule has 0 N–H and O–H groups in total. The van der Waals surface area contributed by atoms with Crippen molar-refractivity contribution in [1.29, 1.82) is 0 Å². The molecule has 4 heteroatoms. The molecular weight excluding hydrogens is 446 g/mol. The van der Waals surface area contributed by atoms with Crippen LogP contribution in [0.3, 0.4) is 0 Å². The van der Waals surface area contributed by atoms with E-state index >= 15 is 0 Å². The number of hydrogen-bond acceptors (Lipinski definition) is 3. The van der Waals surface area contributed by atoms with Gasteiger partial charge in [0.15, 0.2) is 5.78 Å². The lowest BCUT2D eigenvalue weighted by molar-refractivity contribution is 0.104. The van der Waals surface area contributed by atoms with E-state index in [4.69, 9.17) is 4.42 Å². The molecule has 0 saturated heterocycles. The smallest absolute Gasteiger partial charge is 0.200 e. The molecule has 7 aromatic rings. The van der Waals surface area contributed by atoms with E-state index in [2.05, 4.69) is 28.8 Å². The summed E-state index contributed by atoms with van der Waals surface area (Å²) < 4.78 is 8.41. The van der Waals surface area contributed by atoms with Crippen molar-refractivity contribution < 1.29 is 9.21 Å². The van der Waals surface area contributed by atoms with Gasteiger partial charge in [0.25, 0.3) is 0 Å². The number of ketones is 1. The van der Waals surface area contributed by atoms with Gasteiger partial charge in [0.2, 0.25) is 5.43 Å². The quantitative estimate of drug-likeness (QED) is 0.241. The van der Waals surface area contributed by atoms with Crippen molar-refractivity contribution in [3.63, 3.8) is 0 Å². The largest absolute Gasteiger partial charge is 0.456 e. The average molecular weight is 463 g/mol. The van der Waals surface area contributed by atoms with Crippen LogP contribution in [0.15, 0.2) is 112 Å². The van der Waals surface area contributed by atoms with Gasteiger partial charge in [0.1, 0.15) is 11.2 Å². The Morgan fingerprint density at radius 1 is 0.500 bits per heavy atom. The fourth-order valence-electron chi connectivity index (χ4n) is 5.70. The monoisotopic (exact) mass is 463 g/mol. The molecule has 1 aliphatic rings. The number of benzene rings is 5. The first-order valence-corrected chi connectivity index (χ1v) is 11.9. The Morgan fingerprint density at radius 2 is 1.14 bits per heavy atom. The molecule has 1 aliphatic carbocycles. The summed E-state index contributed by atoms with van der Waals surface area (Å²) in [5, 5.41) is 3.23. The SMILES string of the molecule is O=C1c2ccccc2-c2cc3oc4ccc(-n5c6ccccc6c6ccccc65)cc4c(=O)c3cc21. The summed E-state index contributed by atoms with van der Waals surface area (Å²) in [6, 6.07) is 33.4. The molecular formula is C32H17NO3. The van der Waals surface area contributed by atoms with Crippen molar-refractivity contribution in [1.82, 2.24) is 4.57 Å². The maximum atomic E-state index is 13.7. The van der Waals surface area contributed by atoms with Crippen molar-refractivity contribution >= 4 is 49.5 Å². The highest BCUT2D eigenvalue weighted by molar-refractivity contribution is 6.23. The molecule has 2 heterocycles. The lowest BCUT2D eigenvalue weighted by Crippen LogP contribution is -2.05. The lowest BCUT2D eigenvalue weighted by Gasteiger charge is -2.10. The maximum absolute atomic E-state index is 13.7. The summed E-state index contributed by atoms with van der Waals surface area (Å²) in [6.45, 7) is 0. The summed E-state index contributed by atoms with van der Waals surface area (Å²) in [4.78, 5) is 26.8. The van der Waals surface area contributed by atoms with E-state index in [-0.39, 0.29) is 11.2 Å². The molecule has 4 nitrogen and oxygen atoms in total. The predicted octanol–water partition coefficient (Wildman–Crippen LogP) is 7.25. The molecule has 0 saturated carbocycles. The Bertz CT molecular complexity index is 2090. The number of carbonyl (C=O) groups excluding carboxylic acids is 1. The van der Waals surface area contributed by atoms with Gasteiger partial charge in [-0.05, 0) is 53.6 Å². The first-order chi connectivity index (χ1) is 17.7. The second-order valence-electron chi connectivity index (χ2n) is 9.25. The van der Waals surface area contributed by atoms with Crippen molar-refractivity contribution in [2.45, 2.75) is 0 Å². The highest BCUT2D eigenvalue weighted by atomic mass is 16.3. The standard InChI is InChI=1S/C32H17NO3/c34-31-22-10-2-1-7-19(22)23-17-30-26(16-24(23)31)32(35)25-15-18(13-14-29(25)36-30)33-27-11-5-3-8-20(27)21-9-4-6-12-28(21)33/h1-17H. The van der Waals surface area contributed by atoms with E-state index in [1.807, 2.05) is 72.8 Å². The van der Waals surface area contributed by atoms with E-state index in [0.717, 1.165) is 38.6 Å². The average Bonchev–Trinajstić information content (AvgIpc) is 3.40. The highest BCUT2D eigenvalue weighted by Crippen LogP contribution is 2.39. The molecule has 168 valence electrons. The van der Waals surface area contributed by atoms with Gasteiger partial charge in [-0.25, -0.2) is 0 Å². The first kappa shape index (κ1) is 19.4. The van der Waals surface area contributed by atoms with Crippen molar-refractivity contribution in [3.8, 4) is 16.8 Å². The Kier molecular flexibility index (Phi) is 3.66. The summed E-state index contributed by atoms with van der Waals surface area (Å²) in [5.74, 6) is -0.0546. The van der Waals surface area contributed by atoms with Crippen molar-refractivity contribution in [2.24, 2.45) is 0 Å². The van der Waals surface area contributed by atoms with Gasteiger partial charge in [-0.15, -0.1) is 0 Å². The van der Waals surface area contributed by atoms with Crippen LogP contribution in [0.5, 0.6) is 0 Å². The molecule has 0 atom stereocenters. The Labute approximate surface area is 204 Å². The van der Waals surface area contributed by atoms with Gasteiger partial charge in [0.05, 0.1) is 21.8 Å². The van der Waals surface area contributed by atoms with Crippen LogP contribution in [-0.2, 0) is 0 Å². The van der Waals surface area contributed by atoms with Crippen LogP contribution in [0.4, 0.5) is 0 Å². The van der Waals surface area contributed by atoms with E-state index in [0.29, 0.717) is 33.1 Å². The zero-order chi connectivity index (χ0) is 24.0. The van der Waals surface area contributed by atoms with E-state index in [1.54, 1.807) is 6.07 Å². The molecule has 2 aromatic heterocycles. The van der Waals surface area contributed by atoms with Crippen LogP contribution in [-0.4, -0.2) is 10.4 Å². The minimum Gasteiger partial charge on any atom is -0.456 e. The predicted molar refractivity (Wildman–Crippen MR) is 143 cm³/mol. The molecule has 0 aliphatic heterocycles. The van der Waals surface area contributed by atoms with Crippen LogP contribution in [0.25, 0.3) is 60.6 Å². The number of fused-ring (bicyclic) bond motifs is 8. The van der Waals surface area contributed by atoms with Gasteiger partial charge >= 0.3 is 0 Å². The molecule has 0 unspecified atom stereocenters. The van der Waals surface area contributed by atoms with Gasteiger partial charge in [-0.3, -0.25) is 9.59 Å². The Balaban J connectivity index is 1.41. The number of nitrogens with zero attached hydrogens (tertiary/aromatic N) is 1. The lowest BCUT2D eigenvalue weighted by atomic mass is 10.0. The number of hydrogen-bond donors (Lipinski definition) is 0. The van der Waals surface area contributed by atoms with Crippen LogP contribution >= 0.6 is 0 Å². The fourth-order valence-corrected chi connectivity index (χ4v) is 5.70. The summed E-state index contributed by atoms with van der Waals surface area (Å²) >= 11 is 0. The van der Waals surface area contributed by atoms with Crippen LogP contribution in [0, 0.1) is 0 Å². The molecule has 0 fully saturated rings. The summed E-state index contributed by atoms with van der Waals surface area (Å²) in [6.07, 6.45) is 0. The third-order valence-corrected chi connectivity index (χ3v) is 7.34. The van der Waals surface area contributed by atoms with Crippen LogP contribution in [0.1, 0.15) is 15.9 Å².